The lowest BCUT2D eigenvalue weighted by Gasteiger charge is -2.57. The van der Waals surface area contributed by atoms with Crippen LogP contribution in [0.2, 0.25) is 0 Å². The van der Waals surface area contributed by atoms with Gasteiger partial charge in [0.2, 0.25) is 0 Å². The van der Waals surface area contributed by atoms with Gasteiger partial charge >= 0.3 is 6.18 Å². The van der Waals surface area contributed by atoms with E-state index in [2.05, 4.69) is 42.6 Å². The molecule has 7 atom stereocenters. The van der Waals surface area contributed by atoms with E-state index in [0.717, 1.165) is 51.9 Å². The normalized spacial score (nSPS) is 40.8. The molecule has 0 aromatic carbocycles. The Kier molecular flexibility index (Phi) is 9.58. The molecule has 0 spiro atoms. The summed E-state index contributed by atoms with van der Waals surface area (Å²) in [6.07, 6.45) is -0.340. The number of methoxy groups -OCH3 is 1. The number of alkyl halides is 3. The highest BCUT2D eigenvalue weighted by Gasteiger charge is 2.53. The molecule has 7 unspecified atom stereocenters. The highest BCUT2D eigenvalue weighted by Crippen LogP contribution is 2.45. The molecule has 35 heavy (non-hydrogen) atoms. The standard InChI is InChI=1S/C26H48F3N3O3/c1-8-25(33-7)11-13-31(5)22(15-25)20-17-32(6)21(14-24(20,3)35-9-2)19-16-30(4)12-10-23(19)34-18-26(27,28)29/h19-23H,8-18H2,1-7H3. The average Bonchev–Trinajstić information content (AvgIpc) is 2.80. The maximum absolute atomic E-state index is 13.0. The van der Waals surface area contributed by atoms with E-state index in [1.54, 1.807) is 0 Å². The minimum Gasteiger partial charge on any atom is -0.378 e. The predicted octanol–water partition coefficient (Wildman–Crippen LogP) is 3.89. The van der Waals surface area contributed by atoms with Gasteiger partial charge in [-0.05, 0) is 67.1 Å². The number of rotatable bonds is 8. The van der Waals surface area contributed by atoms with Crippen molar-refractivity contribution >= 4 is 0 Å². The zero-order chi connectivity index (χ0) is 26.0. The Morgan fingerprint density at radius 2 is 1.69 bits per heavy atom. The summed E-state index contributed by atoms with van der Waals surface area (Å²) in [6.45, 7) is 9.21. The quantitative estimate of drug-likeness (QED) is 0.496. The molecular weight excluding hydrogens is 459 g/mol. The minimum atomic E-state index is -4.31. The van der Waals surface area contributed by atoms with Gasteiger partial charge < -0.3 is 28.9 Å². The third-order valence-corrected chi connectivity index (χ3v) is 9.28. The minimum absolute atomic E-state index is 0.000348. The van der Waals surface area contributed by atoms with Crippen LogP contribution in [0.15, 0.2) is 0 Å². The fourth-order valence-electron chi connectivity index (χ4n) is 7.06. The lowest BCUT2D eigenvalue weighted by atomic mass is 9.67. The van der Waals surface area contributed by atoms with Gasteiger partial charge in [-0.1, -0.05) is 6.92 Å². The third kappa shape index (κ3) is 6.71. The summed E-state index contributed by atoms with van der Waals surface area (Å²) in [6, 6.07) is 0.408. The molecule has 9 heteroatoms. The van der Waals surface area contributed by atoms with Crippen molar-refractivity contribution in [2.75, 3.05) is 67.6 Å². The van der Waals surface area contributed by atoms with Gasteiger partial charge in [0.05, 0.1) is 17.3 Å². The molecule has 3 aliphatic rings. The van der Waals surface area contributed by atoms with Crippen molar-refractivity contribution in [2.45, 2.75) is 88.4 Å². The molecule has 3 fully saturated rings. The van der Waals surface area contributed by atoms with Gasteiger partial charge in [-0.3, -0.25) is 0 Å². The van der Waals surface area contributed by atoms with Crippen LogP contribution in [0.5, 0.6) is 0 Å². The van der Waals surface area contributed by atoms with E-state index in [1.807, 2.05) is 21.1 Å². The first-order valence-electron chi connectivity index (χ1n) is 13.3. The maximum Gasteiger partial charge on any atom is 0.411 e. The summed E-state index contributed by atoms with van der Waals surface area (Å²) < 4.78 is 57.1. The summed E-state index contributed by atoms with van der Waals surface area (Å²) in [5, 5.41) is 0. The van der Waals surface area contributed by atoms with Crippen LogP contribution in [0.25, 0.3) is 0 Å². The van der Waals surface area contributed by atoms with Crippen LogP contribution in [-0.4, -0.2) is 118 Å². The largest absolute Gasteiger partial charge is 0.411 e. The summed E-state index contributed by atoms with van der Waals surface area (Å²) in [4.78, 5) is 7.06. The second-order valence-electron chi connectivity index (χ2n) is 11.5. The molecule has 0 N–H and O–H groups in total. The molecule has 3 saturated heterocycles. The van der Waals surface area contributed by atoms with E-state index < -0.39 is 18.9 Å². The number of hydrogen-bond donors (Lipinski definition) is 0. The molecule has 3 heterocycles. The van der Waals surface area contributed by atoms with Gasteiger partial charge in [-0.25, -0.2) is 0 Å². The lowest BCUT2D eigenvalue weighted by Crippen LogP contribution is -2.66. The van der Waals surface area contributed by atoms with Crippen LogP contribution < -0.4 is 0 Å². The summed E-state index contributed by atoms with van der Waals surface area (Å²) in [7, 11) is 8.21. The fourth-order valence-corrected chi connectivity index (χ4v) is 7.06. The van der Waals surface area contributed by atoms with Crippen molar-refractivity contribution < 1.29 is 27.4 Å². The lowest BCUT2D eigenvalue weighted by molar-refractivity contribution is -0.206. The van der Waals surface area contributed by atoms with E-state index in [-0.39, 0.29) is 29.1 Å². The molecule has 0 aromatic heterocycles. The first-order chi connectivity index (χ1) is 16.4. The van der Waals surface area contributed by atoms with Crippen LogP contribution >= 0.6 is 0 Å². The summed E-state index contributed by atoms with van der Waals surface area (Å²) >= 11 is 0. The second-order valence-corrected chi connectivity index (χ2v) is 11.5. The van der Waals surface area contributed by atoms with Crippen molar-refractivity contribution in [2.24, 2.45) is 11.8 Å². The highest BCUT2D eigenvalue weighted by molar-refractivity contribution is 5.06. The van der Waals surface area contributed by atoms with Crippen LogP contribution in [0.1, 0.15) is 52.9 Å². The van der Waals surface area contributed by atoms with Crippen molar-refractivity contribution in [3.05, 3.63) is 0 Å². The fraction of sp³-hybridized carbons (Fsp3) is 1.00. The van der Waals surface area contributed by atoms with Crippen LogP contribution in [0, 0.1) is 11.8 Å². The molecule has 0 aliphatic carbocycles. The van der Waals surface area contributed by atoms with Gasteiger partial charge in [0.1, 0.15) is 6.61 Å². The molecule has 0 saturated carbocycles. The van der Waals surface area contributed by atoms with E-state index in [0.29, 0.717) is 19.1 Å². The number of hydrogen-bond acceptors (Lipinski definition) is 6. The highest BCUT2D eigenvalue weighted by atomic mass is 19.4. The molecule has 3 rings (SSSR count). The molecule has 0 bridgehead atoms. The van der Waals surface area contributed by atoms with E-state index in [1.165, 1.54) is 0 Å². The Morgan fingerprint density at radius 3 is 2.29 bits per heavy atom. The topological polar surface area (TPSA) is 37.4 Å². The van der Waals surface area contributed by atoms with Gasteiger partial charge in [0.15, 0.2) is 0 Å². The van der Waals surface area contributed by atoms with E-state index in [4.69, 9.17) is 14.2 Å². The molecule has 0 radical (unpaired) electrons. The number of likely N-dealkylation sites (tertiary alicyclic amines) is 3. The Labute approximate surface area is 210 Å². The zero-order valence-corrected chi connectivity index (χ0v) is 22.9. The van der Waals surface area contributed by atoms with Crippen LogP contribution in [0.3, 0.4) is 0 Å². The smallest absolute Gasteiger partial charge is 0.378 e. The average molecular weight is 508 g/mol. The van der Waals surface area contributed by atoms with E-state index in [9.17, 15) is 13.2 Å². The van der Waals surface area contributed by atoms with Crippen LogP contribution in [0.4, 0.5) is 13.2 Å². The van der Waals surface area contributed by atoms with Gasteiger partial charge in [-0.2, -0.15) is 13.2 Å². The first kappa shape index (κ1) is 29.1. The van der Waals surface area contributed by atoms with Crippen molar-refractivity contribution in [3.63, 3.8) is 0 Å². The zero-order valence-electron chi connectivity index (χ0n) is 22.9. The molecule has 3 aliphatic heterocycles. The Hall–Kier alpha value is -0.450. The molecule has 206 valence electrons. The summed E-state index contributed by atoms with van der Waals surface area (Å²) in [5.74, 6) is 0.269. The van der Waals surface area contributed by atoms with Crippen molar-refractivity contribution in [1.82, 2.24) is 14.7 Å². The molecule has 0 aromatic rings. The number of halogens is 3. The van der Waals surface area contributed by atoms with Gasteiger partial charge in [0.25, 0.3) is 0 Å². The summed E-state index contributed by atoms with van der Waals surface area (Å²) in [5.41, 5.74) is -0.484. The second kappa shape index (κ2) is 11.5. The Bertz CT molecular complexity index is 678. The number of nitrogens with zero attached hydrogens (tertiary/aromatic N) is 3. The Balaban J connectivity index is 1.85. The molecule has 0 amide bonds. The van der Waals surface area contributed by atoms with E-state index >= 15 is 0 Å². The number of piperidine rings is 3. The first-order valence-corrected chi connectivity index (χ1v) is 13.3. The molecule has 6 nitrogen and oxygen atoms in total. The number of ether oxygens (including phenoxy) is 3. The predicted molar refractivity (Wildman–Crippen MR) is 132 cm³/mol. The van der Waals surface area contributed by atoms with Gasteiger partial charge in [-0.15, -0.1) is 0 Å². The monoisotopic (exact) mass is 507 g/mol. The Morgan fingerprint density at radius 1 is 0.971 bits per heavy atom. The van der Waals surface area contributed by atoms with Crippen molar-refractivity contribution in [1.29, 1.82) is 0 Å². The van der Waals surface area contributed by atoms with Gasteiger partial charge in [0, 0.05) is 63.8 Å². The molecular formula is C26H48F3N3O3. The maximum atomic E-state index is 13.0. The SMILES string of the molecule is CCOC1(C)CC(C2CN(C)CCC2OCC(F)(F)F)N(C)CC1C1CC(CC)(OC)CCN1C. The van der Waals surface area contributed by atoms with Crippen LogP contribution in [-0.2, 0) is 14.2 Å². The van der Waals surface area contributed by atoms with Crippen molar-refractivity contribution in [3.8, 4) is 0 Å². The third-order valence-electron chi connectivity index (χ3n) is 9.28.